The molecule has 3 heteroatoms. The van der Waals surface area contributed by atoms with Crippen LogP contribution in [0.15, 0.2) is 0 Å². The molecule has 12 heavy (non-hydrogen) atoms. The first kappa shape index (κ1) is 8.48. The highest BCUT2D eigenvalue weighted by molar-refractivity contribution is 4.89. The van der Waals surface area contributed by atoms with Crippen molar-refractivity contribution < 1.29 is 5.11 Å². The van der Waals surface area contributed by atoms with E-state index in [-0.39, 0.29) is 6.10 Å². The van der Waals surface area contributed by atoms with E-state index in [1.807, 2.05) is 0 Å². The lowest BCUT2D eigenvalue weighted by atomic mass is 9.89. The summed E-state index contributed by atoms with van der Waals surface area (Å²) in [7, 11) is 2.16. The molecule has 2 aliphatic rings. The summed E-state index contributed by atoms with van der Waals surface area (Å²) in [6.07, 6.45) is 3.16. The molecular weight excluding hydrogens is 152 g/mol. The predicted octanol–water partition coefficient (Wildman–Crippen LogP) is -0.197. The number of nitrogens with one attached hydrogen (secondary N) is 1. The summed E-state index contributed by atoms with van der Waals surface area (Å²) >= 11 is 0. The standard InChI is InChI=1S/C9H18N2O/c1-11-3-2-7(6-11)10-8-4-9(12)5-8/h7-10,12H,2-6H2,1H3/t7-,8?,9?/m0/s1. The fraction of sp³-hybridized carbons (Fsp3) is 1.00. The summed E-state index contributed by atoms with van der Waals surface area (Å²) in [6.45, 7) is 2.39. The lowest BCUT2D eigenvalue weighted by Gasteiger charge is -2.34. The number of hydrogen-bond acceptors (Lipinski definition) is 3. The van der Waals surface area contributed by atoms with E-state index in [0.717, 1.165) is 12.8 Å². The monoisotopic (exact) mass is 170 g/mol. The molecule has 0 unspecified atom stereocenters. The van der Waals surface area contributed by atoms with Crippen molar-refractivity contribution in [1.29, 1.82) is 0 Å². The Morgan fingerprint density at radius 2 is 2.08 bits per heavy atom. The van der Waals surface area contributed by atoms with Crippen molar-refractivity contribution in [2.45, 2.75) is 37.5 Å². The topological polar surface area (TPSA) is 35.5 Å². The molecule has 2 rings (SSSR count). The number of aliphatic hydroxyl groups is 1. The Morgan fingerprint density at radius 1 is 1.33 bits per heavy atom. The molecule has 1 aliphatic carbocycles. The molecule has 0 amide bonds. The fourth-order valence-electron chi connectivity index (χ4n) is 2.13. The Bertz CT molecular complexity index is 157. The van der Waals surface area contributed by atoms with Gasteiger partial charge >= 0.3 is 0 Å². The van der Waals surface area contributed by atoms with Crippen molar-refractivity contribution >= 4 is 0 Å². The minimum absolute atomic E-state index is 0.0263. The van der Waals surface area contributed by atoms with E-state index in [1.54, 1.807) is 0 Å². The zero-order valence-electron chi connectivity index (χ0n) is 7.66. The molecule has 2 N–H and O–H groups in total. The molecule has 0 aromatic heterocycles. The first-order valence-electron chi connectivity index (χ1n) is 4.86. The minimum Gasteiger partial charge on any atom is -0.393 e. The van der Waals surface area contributed by atoms with Crippen LogP contribution in [0.4, 0.5) is 0 Å². The maximum atomic E-state index is 9.09. The van der Waals surface area contributed by atoms with Gasteiger partial charge in [-0.25, -0.2) is 0 Å². The lowest BCUT2D eigenvalue weighted by molar-refractivity contribution is 0.0582. The predicted molar refractivity (Wildman–Crippen MR) is 48.1 cm³/mol. The zero-order valence-corrected chi connectivity index (χ0v) is 7.66. The van der Waals surface area contributed by atoms with Gasteiger partial charge in [-0.1, -0.05) is 0 Å². The van der Waals surface area contributed by atoms with Crippen LogP contribution in [0, 0.1) is 0 Å². The van der Waals surface area contributed by atoms with Crippen LogP contribution in [0.2, 0.25) is 0 Å². The van der Waals surface area contributed by atoms with E-state index in [9.17, 15) is 0 Å². The summed E-state index contributed by atoms with van der Waals surface area (Å²) in [5.74, 6) is 0. The number of hydrogen-bond donors (Lipinski definition) is 2. The van der Waals surface area contributed by atoms with E-state index in [2.05, 4.69) is 17.3 Å². The molecule has 1 aliphatic heterocycles. The van der Waals surface area contributed by atoms with Crippen LogP contribution in [0.5, 0.6) is 0 Å². The smallest absolute Gasteiger partial charge is 0.0570 e. The highest BCUT2D eigenvalue weighted by Gasteiger charge is 2.30. The highest BCUT2D eigenvalue weighted by Crippen LogP contribution is 2.21. The molecule has 2 fully saturated rings. The maximum Gasteiger partial charge on any atom is 0.0570 e. The fourth-order valence-corrected chi connectivity index (χ4v) is 2.13. The SMILES string of the molecule is CN1CC[C@H](NC2CC(O)C2)C1. The quantitative estimate of drug-likeness (QED) is 0.602. The van der Waals surface area contributed by atoms with Gasteiger partial charge in [-0.3, -0.25) is 0 Å². The number of aliphatic hydroxyl groups excluding tert-OH is 1. The Morgan fingerprint density at radius 3 is 2.58 bits per heavy atom. The number of rotatable bonds is 2. The van der Waals surface area contributed by atoms with E-state index in [0.29, 0.717) is 12.1 Å². The summed E-state index contributed by atoms with van der Waals surface area (Å²) in [6, 6.07) is 1.27. The largest absolute Gasteiger partial charge is 0.393 e. The Balaban J connectivity index is 1.67. The molecule has 0 aromatic rings. The van der Waals surface area contributed by atoms with Crippen molar-refractivity contribution in [3.63, 3.8) is 0 Å². The van der Waals surface area contributed by atoms with Crippen LogP contribution >= 0.6 is 0 Å². The third-order valence-electron chi connectivity index (χ3n) is 2.98. The third-order valence-corrected chi connectivity index (χ3v) is 2.98. The first-order chi connectivity index (χ1) is 5.74. The van der Waals surface area contributed by atoms with Crippen LogP contribution in [-0.4, -0.2) is 48.3 Å². The summed E-state index contributed by atoms with van der Waals surface area (Å²) in [5.41, 5.74) is 0. The van der Waals surface area contributed by atoms with E-state index < -0.39 is 0 Å². The Kier molecular flexibility index (Phi) is 2.35. The van der Waals surface area contributed by atoms with Gasteiger partial charge in [0, 0.05) is 18.6 Å². The number of likely N-dealkylation sites (N-methyl/N-ethyl adjacent to an activating group) is 1. The van der Waals surface area contributed by atoms with Gasteiger partial charge in [0.15, 0.2) is 0 Å². The normalized spacial score (nSPS) is 43.0. The van der Waals surface area contributed by atoms with Gasteiger partial charge in [0.2, 0.25) is 0 Å². The molecule has 70 valence electrons. The average Bonchev–Trinajstić information content (AvgIpc) is 2.33. The van der Waals surface area contributed by atoms with Crippen molar-refractivity contribution in [1.82, 2.24) is 10.2 Å². The van der Waals surface area contributed by atoms with Gasteiger partial charge in [-0.15, -0.1) is 0 Å². The van der Waals surface area contributed by atoms with Crippen molar-refractivity contribution in [2.24, 2.45) is 0 Å². The molecule has 0 aromatic carbocycles. The molecule has 3 nitrogen and oxygen atoms in total. The van der Waals surface area contributed by atoms with Gasteiger partial charge in [-0.2, -0.15) is 0 Å². The van der Waals surface area contributed by atoms with Gasteiger partial charge < -0.3 is 15.3 Å². The zero-order chi connectivity index (χ0) is 8.55. The Hall–Kier alpha value is -0.120. The van der Waals surface area contributed by atoms with Crippen LogP contribution in [-0.2, 0) is 0 Å². The molecule has 0 radical (unpaired) electrons. The molecule has 0 spiro atoms. The molecule has 1 saturated carbocycles. The second kappa shape index (κ2) is 3.32. The third kappa shape index (κ3) is 1.79. The summed E-state index contributed by atoms with van der Waals surface area (Å²) < 4.78 is 0. The first-order valence-corrected chi connectivity index (χ1v) is 4.86. The number of likely N-dealkylation sites (tertiary alicyclic amines) is 1. The van der Waals surface area contributed by atoms with E-state index in [1.165, 1.54) is 19.5 Å². The van der Waals surface area contributed by atoms with Crippen molar-refractivity contribution in [3.8, 4) is 0 Å². The average molecular weight is 170 g/mol. The maximum absolute atomic E-state index is 9.09. The molecule has 1 atom stereocenters. The van der Waals surface area contributed by atoms with Crippen LogP contribution in [0.25, 0.3) is 0 Å². The van der Waals surface area contributed by atoms with Crippen molar-refractivity contribution in [2.75, 3.05) is 20.1 Å². The highest BCUT2D eigenvalue weighted by atomic mass is 16.3. The Labute approximate surface area is 73.8 Å². The second-order valence-corrected chi connectivity index (χ2v) is 4.24. The molecular formula is C9H18N2O. The number of nitrogens with zero attached hydrogens (tertiary/aromatic N) is 1. The van der Waals surface area contributed by atoms with Crippen LogP contribution in [0.1, 0.15) is 19.3 Å². The minimum atomic E-state index is -0.0263. The molecule has 1 heterocycles. The van der Waals surface area contributed by atoms with Gasteiger partial charge in [0.25, 0.3) is 0 Å². The summed E-state index contributed by atoms with van der Waals surface area (Å²) in [4.78, 5) is 2.35. The lowest BCUT2D eigenvalue weighted by Crippen LogP contribution is -2.49. The van der Waals surface area contributed by atoms with Gasteiger partial charge in [-0.05, 0) is 32.9 Å². The van der Waals surface area contributed by atoms with Crippen LogP contribution in [0.3, 0.4) is 0 Å². The molecule has 1 saturated heterocycles. The second-order valence-electron chi connectivity index (χ2n) is 4.24. The van der Waals surface area contributed by atoms with Crippen LogP contribution < -0.4 is 5.32 Å². The van der Waals surface area contributed by atoms with E-state index >= 15 is 0 Å². The van der Waals surface area contributed by atoms with Gasteiger partial charge in [0.1, 0.15) is 0 Å². The van der Waals surface area contributed by atoms with Gasteiger partial charge in [0.05, 0.1) is 6.10 Å². The summed E-state index contributed by atoms with van der Waals surface area (Å²) in [5, 5.41) is 12.7. The van der Waals surface area contributed by atoms with Crippen molar-refractivity contribution in [3.05, 3.63) is 0 Å². The van der Waals surface area contributed by atoms with E-state index in [4.69, 9.17) is 5.11 Å². The molecule has 0 bridgehead atoms.